The first kappa shape index (κ1) is 13.7. The van der Waals surface area contributed by atoms with E-state index < -0.39 is 0 Å². The first-order chi connectivity index (χ1) is 10.2. The fourth-order valence-electron chi connectivity index (χ4n) is 3.23. The van der Waals surface area contributed by atoms with Gasteiger partial charge in [-0.2, -0.15) is 0 Å². The first-order valence-electron chi connectivity index (χ1n) is 7.32. The summed E-state index contributed by atoms with van der Waals surface area (Å²) in [7, 11) is 0. The number of ether oxygens (including phenoxy) is 1. The van der Waals surface area contributed by atoms with Crippen LogP contribution in [0, 0.1) is 0 Å². The molecule has 1 aliphatic carbocycles. The van der Waals surface area contributed by atoms with Gasteiger partial charge in [-0.25, -0.2) is 4.79 Å². The van der Waals surface area contributed by atoms with Crippen LogP contribution in [0.15, 0.2) is 31.0 Å². The number of aromatic nitrogens is 1. The predicted molar refractivity (Wildman–Crippen MR) is 81.9 cm³/mol. The number of phenolic OH excluding ortho intramolecular Hbond substituents is 1. The molecule has 1 aromatic heterocycles. The Labute approximate surface area is 123 Å². The fourth-order valence-corrected chi connectivity index (χ4v) is 3.23. The summed E-state index contributed by atoms with van der Waals surface area (Å²) in [6.07, 6.45) is 6.21. The Hall–Kier alpha value is -2.23. The third-order valence-corrected chi connectivity index (χ3v) is 4.15. The van der Waals surface area contributed by atoms with Crippen molar-refractivity contribution >= 4 is 17.0 Å². The molecule has 0 fully saturated rings. The van der Waals surface area contributed by atoms with Gasteiger partial charge in [-0.15, -0.1) is 6.58 Å². The molecule has 0 spiro atoms. The summed E-state index contributed by atoms with van der Waals surface area (Å²) >= 11 is 0. The maximum Gasteiger partial charge on any atom is 0.418 e. The largest absolute Gasteiger partial charge is 0.508 e. The van der Waals surface area contributed by atoms with Crippen LogP contribution in [0.4, 0.5) is 4.79 Å². The van der Waals surface area contributed by atoms with E-state index >= 15 is 0 Å². The van der Waals surface area contributed by atoms with Gasteiger partial charge in [0, 0.05) is 23.1 Å². The molecule has 4 nitrogen and oxygen atoms in total. The summed E-state index contributed by atoms with van der Waals surface area (Å²) < 4.78 is 6.65. The van der Waals surface area contributed by atoms with Gasteiger partial charge in [-0.05, 0) is 43.9 Å². The second-order valence-electron chi connectivity index (χ2n) is 5.35. The van der Waals surface area contributed by atoms with E-state index in [1.807, 2.05) is 12.3 Å². The molecule has 110 valence electrons. The highest BCUT2D eigenvalue weighted by molar-refractivity contribution is 5.96. The van der Waals surface area contributed by atoms with E-state index in [9.17, 15) is 9.90 Å². The van der Waals surface area contributed by atoms with E-state index in [2.05, 4.69) is 6.58 Å². The van der Waals surface area contributed by atoms with Crippen molar-refractivity contribution in [2.24, 2.45) is 0 Å². The molecule has 1 heterocycles. The molecule has 0 amide bonds. The molecule has 1 aliphatic rings. The first-order valence-corrected chi connectivity index (χ1v) is 7.32. The van der Waals surface area contributed by atoms with Crippen LogP contribution in [-0.2, 0) is 11.2 Å². The topological polar surface area (TPSA) is 51.5 Å². The lowest BCUT2D eigenvalue weighted by molar-refractivity contribution is 0.155. The molecule has 2 aromatic rings. The maximum absolute atomic E-state index is 12.1. The van der Waals surface area contributed by atoms with Crippen molar-refractivity contribution in [2.75, 3.05) is 6.61 Å². The van der Waals surface area contributed by atoms with Crippen LogP contribution in [0.2, 0.25) is 0 Å². The lowest BCUT2D eigenvalue weighted by atomic mass is 9.93. The molecule has 1 N–H and O–H groups in total. The number of carbonyl (C=O) groups is 1. The number of rotatable bonds is 2. The highest BCUT2D eigenvalue weighted by atomic mass is 16.5. The van der Waals surface area contributed by atoms with Gasteiger partial charge in [0.1, 0.15) is 5.75 Å². The third kappa shape index (κ3) is 2.11. The fraction of sp³-hybridized carbons (Fsp3) is 0.353. The maximum atomic E-state index is 12.1. The standard InChI is InChI=1S/C17H19NO3/c1-3-11-6-5-7-12-10-18(17(20)21-4-2)13-8-9-14(19)16(11)15(12)13/h3,8-11,19H,1,4-7H2,2H3. The second-order valence-corrected chi connectivity index (χ2v) is 5.35. The predicted octanol–water partition coefficient (Wildman–Crippen LogP) is 3.96. The van der Waals surface area contributed by atoms with Crippen LogP contribution in [0.1, 0.15) is 36.8 Å². The van der Waals surface area contributed by atoms with Gasteiger partial charge >= 0.3 is 6.09 Å². The van der Waals surface area contributed by atoms with E-state index in [0.717, 1.165) is 41.3 Å². The van der Waals surface area contributed by atoms with Gasteiger partial charge in [0.2, 0.25) is 0 Å². The second kappa shape index (κ2) is 5.28. The number of hydrogen-bond donors (Lipinski definition) is 1. The van der Waals surface area contributed by atoms with Gasteiger partial charge in [0.25, 0.3) is 0 Å². The zero-order valence-electron chi connectivity index (χ0n) is 12.1. The number of nitrogens with zero attached hydrogens (tertiary/aromatic N) is 1. The summed E-state index contributed by atoms with van der Waals surface area (Å²) in [6.45, 7) is 6.02. The molecule has 1 unspecified atom stereocenters. The molecular weight excluding hydrogens is 266 g/mol. The number of aryl methyl sites for hydroxylation is 1. The summed E-state index contributed by atoms with van der Waals surface area (Å²) in [4.78, 5) is 12.1. The molecular formula is C17H19NO3. The van der Waals surface area contributed by atoms with Crippen molar-refractivity contribution in [3.8, 4) is 5.75 Å². The van der Waals surface area contributed by atoms with Crippen LogP contribution in [0.3, 0.4) is 0 Å². The molecule has 4 heteroatoms. The molecule has 0 saturated heterocycles. The summed E-state index contributed by atoms with van der Waals surface area (Å²) in [5, 5.41) is 11.2. The number of hydrogen-bond acceptors (Lipinski definition) is 3. The lowest BCUT2D eigenvalue weighted by Crippen LogP contribution is -2.12. The number of benzene rings is 1. The SMILES string of the molecule is C=CC1CCCc2cn(C(=O)OCC)c3ccc(O)c1c23. The van der Waals surface area contributed by atoms with Crippen LogP contribution < -0.4 is 0 Å². The smallest absolute Gasteiger partial charge is 0.418 e. The average Bonchev–Trinajstić information content (AvgIpc) is 2.72. The van der Waals surface area contributed by atoms with Gasteiger partial charge < -0.3 is 9.84 Å². The lowest BCUT2D eigenvalue weighted by Gasteiger charge is -2.14. The minimum absolute atomic E-state index is 0.119. The summed E-state index contributed by atoms with van der Waals surface area (Å²) in [6, 6.07) is 3.43. The Balaban J connectivity index is 2.29. The van der Waals surface area contributed by atoms with Crippen molar-refractivity contribution in [1.82, 2.24) is 4.57 Å². The van der Waals surface area contributed by atoms with E-state index in [0.29, 0.717) is 6.61 Å². The van der Waals surface area contributed by atoms with Crippen LogP contribution >= 0.6 is 0 Å². The molecule has 1 atom stereocenters. The third-order valence-electron chi connectivity index (χ3n) is 4.15. The van der Waals surface area contributed by atoms with Crippen LogP contribution in [-0.4, -0.2) is 22.4 Å². The van der Waals surface area contributed by atoms with Gasteiger partial charge in [0.05, 0.1) is 12.1 Å². The summed E-state index contributed by atoms with van der Waals surface area (Å²) in [5.41, 5.74) is 2.77. The Bertz CT molecular complexity index is 714. The summed E-state index contributed by atoms with van der Waals surface area (Å²) in [5.74, 6) is 0.394. The van der Waals surface area contributed by atoms with E-state index in [-0.39, 0.29) is 17.8 Å². The molecule has 0 radical (unpaired) electrons. The highest BCUT2D eigenvalue weighted by Crippen LogP contribution is 2.41. The van der Waals surface area contributed by atoms with Crippen LogP contribution in [0.5, 0.6) is 5.75 Å². The Morgan fingerprint density at radius 3 is 3.10 bits per heavy atom. The normalized spacial score (nSPS) is 17.5. The van der Waals surface area contributed by atoms with Gasteiger partial charge in [-0.1, -0.05) is 6.08 Å². The van der Waals surface area contributed by atoms with E-state index in [1.54, 1.807) is 23.6 Å². The molecule has 0 saturated carbocycles. The Morgan fingerprint density at radius 1 is 1.57 bits per heavy atom. The molecule has 21 heavy (non-hydrogen) atoms. The number of allylic oxidation sites excluding steroid dienone is 1. The molecule has 1 aromatic carbocycles. The number of aromatic hydroxyl groups is 1. The zero-order valence-corrected chi connectivity index (χ0v) is 12.1. The average molecular weight is 285 g/mol. The van der Waals surface area contributed by atoms with Crippen molar-refractivity contribution in [3.05, 3.63) is 42.1 Å². The van der Waals surface area contributed by atoms with Crippen molar-refractivity contribution in [1.29, 1.82) is 0 Å². The van der Waals surface area contributed by atoms with Gasteiger partial charge in [-0.3, -0.25) is 4.57 Å². The Morgan fingerprint density at radius 2 is 2.38 bits per heavy atom. The monoisotopic (exact) mass is 285 g/mol. The Kier molecular flexibility index (Phi) is 3.45. The molecule has 0 aliphatic heterocycles. The van der Waals surface area contributed by atoms with Crippen molar-refractivity contribution in [2.45, 2.75) is 32.1 Å². The van der Waals surface area contributed by atoms with Crippen LogP contribution in [0.25, 0.3) is 10.9 Å². The van der Waals surface area contributed by atoms with Gasteiger partial charge in [0.15, 0.2) is 0 Å². The molecule has 3 rings (SSSR count). The van der Waals surface area contributed by atoms with Crippen molar-refractivity contribution in [3.63, 3.8) is 0 Å². The quantitative estimate of drug-likeness (QED) is 0.850. The number of carbonyl (C=O) groups excluding carboxylic acids is 1. The van der Waals surface area contributed by atoms with E-state index in [4.69, 9.17) is 4.74 Å². The molecule has 0 bridgehead atoms. The minimum atomic E-state index is -0.374. The number of phenols is 1. The highest BCUT2D eigenvalue weighted by Gasteiger charge is 2.25. The zero-order chi connectivity index (χ0) is 15.0. The minimum Gasteiger partial charge on any atom is -0.508 e. The van der Waals surface area contributed by atoms with E-state index in [1.165, 1.54) is 0 Å². The van der Waals surface area contributed by atoms with Crippen molar-refractivity contribution < 1.29 is 14.6 Å².